The number of rotatable bonds is 7. The summed E-state index contributed by atoms with van der Waals surface area (Å²) >= 11 is 0. The lowest BCUT2D eigenvalue weighted by Crippen LogP contribution is -2.12. The van der Waals surface area contributed by atoms with Gasteiger partial charge in [-0.2, -0.15) is 0 Å². The molecule has 0 aliphatic heterocycles. The van der Waals surface area contributed by atoms with Crippen LogP contribution in [0.1, 0.15) is 0 Å². The van der Waals surface area contributed by atoms with Gasteiger partial charge in [-0.15, -0.1) is 0 Å². The zero-order valence-corrected chi connectivity index (χ0v) is 33.2. The van der Waals surface area contributed by atoms with Crippen molar-refractivity contribution in [2.75, 3.05) is 4.90 Å². The standard InChI is InChI=1S/C58H38N2O/c1-4-18-39(19-5-1)43-35-37-52(46-25-11-10-24-45(43)46)60(55-32-17-31-54-57(55)49-27-12-14-30-51(49)59(54)42-22-8-3-9-23-42)53-36-34-41(38-50(53)40-20-6-2-7-21-40)44-28-16-29-48-47-26-13-15-33-56(47)61-58(44)48/h1-38H. The molecule has 61 heavy (non-hydrogen) atoms. The minimum atomic E-state index is 0.893. The lowest BCUT2D eigenvalue weighted by molar-refractivity contribution is 0.670. The summed E-state index contributed by atoms with van der Waals surface area (Å²) in [6.45, 7) is 0. The first-order valence-electron chi connectivity index (χ1n) is 20.9. The van der Waals surface area contributed by atoms with Gasteiger partial charge in [-0.3, -0.25) is 0 Å². The summed E-state index contributed by atoms with van der Waals surface area (Å²) in [4.78, 5) is 2.51. The highest BCUT2D eigenvalue weighted by Crippen LogP contribution is 2.50. The van der Waals surface area contributed by atoms with Crippen LogP contribution >= 0.6 is 0 Å². The second-order valence-electron chi connectivity index (χ2n) is 15.6. The first kappa shape index (κ1) is 34.9. The largest absolute Gasteiger partial charge is 0.455 e. The zero-order chi connectivity index (χ0) is 40.3. The Kier molecular flexibility index (Phi) is 8.17. The number of anilines is 3. The van der Waals surface area contributed by atoms with Crippen molar-refractivity contribution in [3.05, 3.63) is 231 Å². The Bertz CT molecular complexity index is 3580. The van der Waals surface area contributed by atoms with Crippen LogP contribution in [0.4, 0.5) is 17.1 Å². The van der Waals surface area contributed by atoms with Crippen molar-refractivity contribution < 1.29 is 4.42 Å². The molecule has 2 heterocycles. The predicted molar refractivity (Wildman–Crippen MR) is 257 cm³/mol. The molecule has 0 N–H and O–H groups in total. The van der Waals surface area contributed by atoms with Crippen molar-refractivity contribution >= 4 is 71.6 Å². The van der Waals surface area contributed by atoms with Gasteiger partial charge in [0.1, 0.15) is 11.2 Å². The molecule has 286 valence electrons. The number of aromatic nitrogens is 1. The van der Waals surface area contributed by atoms with E-state index in [4.69, 9.17) is 4.42 Å². The minimum Gasteiger partial charge on any atom is -0.455 e. The van der Waals surface area contributed by atoms with Crippen LogP contribution in [0.25, 0.3) is 93.6 Å². The Morgan fingerprint density at radius 2 is 0.918 bits per heavy atom. The topological polar surface area (TPSA) is 21.3 Å². The summed E-state index contributed by atoms with van der Waals surface area (Å²) in [6.07, 6.45) is 0. The average molecular weight is 779 g/mol. The van der Waals surface area contributed by atoms with Crippen molar-refractivity contribution in [3.8, 4) is 39.1 Å². The van der Waals surface area contributed by atoms with Crippen molar-refractivity contribution in [3.63, 3.8) is 0 Å². The van der Waals surface area contributed by atoms with Gasteiger partial charge in [0.2, 0.25) is 0 Å². The number of furan rings is 1. The van der Waals surface area contributed by atoms with Crippen molar-refractivity contribution in [1.82, 2.24) is 4.57 Å². The second kappa shape index (κ2) is 14.3. The van der Waals surface area contributed by atoms with Gasteiger partial charge in [0.25, 0.3) is 0 Å². The molecular formula is C58H38N2O. The fourth-order valence-electron chi connectivity index (χ4n) is 9.50. The van der Waals surface area contributed by atoms with Crippen LogP contribution in [0.5, 0.6) is 0 Å². The Morgan fingerprint density at radius 3 is 1.70 bits per heavy atom. The molecule has 0 bridgehead atoms. The third-order valence-corrected chi connectivity index (χ3v) is 12.2. The lowest BCUT2D eigenvalue weighted by atomic mass is 9.93. The Morgan fingerprint density at radius 1 is 0.328 bits per heavy atom. The summed E-state index contributed by atoms with van der Waals surface area (Å²) in [5, 5.41) is 6.99. The maximum absolute atomic E-state index is 6.61. The molecular weight excluding hydrogens is 741 g/mol. The van der Waals surface area contributed by atoms with E-state index in [0.29, 0.717) is 0 Å². The molecule has 0 atom stereocenters. The molecule has 2 aromatic heterocycles. The normalized spacial score (nSPS) is 11.6. The van der Waals surface area contributed by atoms with E-state index in [1.165, 1.54) is 32.7 Å². The number of hydrogen-bond acceptors (Lipinski definition) is 2. The van der Waals surface area contributed by atoms with Crippen LogP contribution < -0.4 is 4.90 Å². The van der Waals surface area contributed by atoms with Gasteiger partial charge in [0, 0.05) is 43.7 Å². The third kappa shape index (κ3) is 5.66. The Balaban J connectivity index is 1.18. The number of fused-ring (bicyclic) bond motifs is 7. The van der Waals surface area contributed by atoms with Crippen LogP contribution in [-0.4, -0.2) is 4.57 Å². The Hall–Kier alpha value is -8.14. The Labute approximate surface area is 353 Å². The quantitative estimate of drug-likeness (QED) is 0.161. The fraction of sp³-hybridized carbons (Fsp3) is 0. The van der Waals surface area contributed by atoms with Crippen molar-refractivity contribution in [1.29, 1.82) is 0 Å². The molecule has 0 unspecified atom stereocenters. The van der Waals surface area contributed by atoms with E-state index in [-0.39, 0.29) is 0 Å². The molecule has 0 fully saturated rings. The molecule has 12 aromatic rings. The first-order valence-corrected chi connectivity index (χ1v) is 20.9. The van der Waals surface area contributed by atoms with E-state index in [0.717, 1.165) is 78.0 Å². The third-order valence-electron chi connectivity index (χ3n) is 12.2. The molecule has 0 saturated heterocycles. The van der Waals surface area contributed by atoms with Gasteiger partial charge in [0.05, 0.1) is 28.1 Å². The van der Waals surface area contributed by atoms with Crippen molar-refractivity contribution in [2.45, 2.75) is 0 Å². The maximum Gasteiger partial charge on any atom is 0.143 e. The highest BCUT2D eigenvalue weighted by molar-refractivity contribution is 6.19. The van der Waals surface area contributed by atoms with E-state index in [1.807, 2.05) is 6.07 Å². The number of hydrogen-bond donors (Lipinski definition) is 0. The van der Waals surface area contributed by atoms with E-state index in [9.17, 15) is 0 Å². The van der Waals surface area contributed by atoms with Gasteiger partial charge in [-0.25, -0.2) is 0 Å². The smallest absolute Gasteiger partial charge is 0.143 e. The van der Waals surface area contributed by atoms with Crippen LogP contribution in [0.3, 0.4) is 0 Å². The summed E-state index contributed by atoms with van der Waals surface area (Å²) in [7, 11) is 0. The number of nitrogens with zero attached hydrogens (tertiary/aromatic N) is 2. The molecule has 0 radical (unpaired) electrons. The lowest BCUT2D eigenvalue weighted by Gasteiger charge is -2.30. The molecule has 0 saturated carbocycles. The van der Waals surface area contributed by atoms with Gasteiger partial charge in [-0.05, 0) is 82.2 Å². The van der Waals surface area contributed by atoms with Gasteiger partial charge in [-0.1, -0.05) is 176 Å². The van der Waals surface area contributed by atoms with Crippen LogP contribution in [-0.2, 0) is 0 Å². The monoisotopic (exact) mass is 778 g/mol. The van der Waals surface area contributed by atoms with Crippen LogP contribution in [0.2, 0.25) is 0 Å². The number of para-hydroxylation sites is 4. The SMILES string of the molecule is c1ccc(-c2cc(-c3cccc4c3oc3ccccc34)ccc2N(c2ccc(-c3ccccc3)c3ccccc23)c2cccc3c2c2ccccc2n3-c2ccccc2)cc1. The van der Waals surface area contributed by atoms with E-state index in [1.54, 1.807) is 0 Å². The summed E-state index contributed by atoms with van der Waals surface area (Å²) < 4.78 is 9.01. The number of benzene rings is 10. The molecule has 0 spiro atoms. The predicted octanol–water partition coefficient (Wildman–Crippen LogP) is 16.3. The van der Waals surface area contributed by atoms with Gasteiger partial charge in [0.15, 0.2) is 0 Å². The molecule has 10 aromatic carbocycles. The fourth-order valence-corrected chi connectivity index (χ4v) is 9.50. The molecule has 12 rings (SSSR count). The highest BCUT2D eigenvalue weighted by atomic mass is 16.3. The maximum atomic E-state index is 6.61. The van der Waals surface area contributed by atoms with E-state index >= 15 is 0 Å². The minimum absolute atomic E-state index is 0.893. The first-order chi connectivity index (χ1) is 30.3. The van der Waals surface area contributed by atoms with Crippen LogP contribution in [0, 0.1) is 0 Å². The van der Waals surface area contributed by atoms with Gasteiger partial charge >= 0.3 is 0 Å². The zero-order valence-electron chi connectivity index (χ0n) is 33.2. The summed E-state index contributed by atoms with van der Waals surface area (Å²) in [5.41, 5.74) is 15.3. The molecule has 0 aliphatic rings. The summed E-state index contributed by atoms with van der Waals surface area (Å²) in [5.74, 6) is 0. The molecule has 0 aliphatic carbocycles. The second-order valence-corrected chi connectivity index (χ2v) is 15.6. The van der Waals surface area contributed by atoms with Gasteiger partial charge < -0.3 is 13.9 Å². The van der Waals surface area contributed by atoms with E-state index in [2.05, 4.69) is 234 Å². The van der Waals surface area contributed by atoms with Crippen LogP contribution in [0.15, 0.2) is 235 Å². The average Bonchev–Trinajstić information content (AvgIpc) is 3.89. The molecule has 3 nitrogen and oxygen atoms in total. The molecule has 3 heteroatoms. The molecule has 0 amide bonds. The van der Waals surface area contributed by atoms with E-state index < -0.39 is 0 Å². The summed E-state index contributed by atoms with van der Waals surface area (Å²) in [6, 6.07) is 83.0. The van der Waals surface area contributed by atoms with Crippen molar-refractivity contribution in [2.24, 2.45) is 0 Å². The highest BCUT2D eigenvalue weighted by Gasteiger charge is 2.26.